The molecular formula is C21H25N3O5S. The number of carbonyl (C=O) groups excluding carboxylic acids is 1. The van der Waals surface area contributed by atoms with Crippen molar-refractivity contribution < 1.29 is 18.1 Å². The number of nitro groups is 1. The maximum Gasteiger partial charge on any atom is 0.270 e. The summed E-state index contributed by atoms with van der Waals surface area (Å²) in [6.07, 6.45) is 4.95. The van der Waals surface area contributed by atoms with Crippen LogP contribution in [-0.2, 0) is 10.0 Å². The Morgan fingerprint density at radius 2 is 1.73 bits per heavy atom. The number of hydrogen-bond acceptors (Lipinski definition) is 5. The number of rotatable bonds is 6. The number of hydrogen-bond donors (Lipinski definition) is 1. The van der Waals surface area contributed by atoms with Gasteiger partial charge in [0, 0.05) is 36.5 Å². The highest BCUT2D eigenvalue weighted by atomic mass is 32.2. The first kappa shape index (κ1) is 21.9. The van der Waals surface area contributed by atoms with Crippen molar-refractivity contribution in [1.29, 1.82) is 0 Å². The minimum atomic E-state index is -3.61. The van der Waals surface area contributed by atoms with E-state index >= 15 is 0 Å². The molecule has 1 aliphatic rings. The summed E-state index contributed by atoms with van der Waals surface area (Å²) in [7, 11) is -2.00. The van der Waals surface area contributed by atoms with Crippen LogP contribution >= 0.6 is 0 Å². The normalized spacial score (nSPS) is 15.2. The average molecular weight is 432 g/mol. The third kappa shape index (κ3) is 4.68. The predicted molar refractivity (Wildman–Crippen MR) is 114 cm³/mol. The molecule has 0 aromatic heterocycles. The number of nitrogens with one attached hydrogen (secondary N) is 1. The van der Waals surface area contributed by atoms with Gasteiger partial charge in [-0.05, 0) is 49.6 Å². The van der Waals surface area contributed by atoms with Crippen molar-refractivity contribution in [3.05, 3.63) is 63.7 Å². The van der Waals surface area contributed by atoms with Gasteiger partial charge >= 0.3 is 0 Å². The molecule has 0 aliphatic heterocycles. The van der Waals surface area contributed by atoms with Gasteiger partial charge < -0.3 is 5.32 Å². The summed E-state index contributed by atoms with van der Waals surface area (Å²) in [4.78, 5) is 23.1. The fraction of sp³-hybridized carbons (Fsp3) is 0.381. The number of aryl methyl sites for hydroxylation is 1. The van der Waals surface area contributed by atoms with E-state index in [2.05, 4.69) is 5.32 Å². The van der Waals surface area contributed by atoms with E-state index < -0.39 is 20.9 Å². The van der Waals surface area contributed by atoms with Gasteiger partial charge in [-0.3, -0.25) is 14.9 Å². The third-order valence-electron chi connectivity index (χ3n) is 5.55. The van der Waals surface area contributed by atoms with Crippen molar-refractivity contribution in [3.63, 3.8) is 0 Å². The first-order chi connectivity index (χ1) is 14.2. The van der Waals surface area contributed by atoms with Gasteiger partial charge in [0.2, 0.25) is 10.0 Å². The van der Waals surface area contributed by atoms with Crippen molar-refractivity contribution in [2.45, 2.75) is 50.0 Å². The van der Waals surface area contributed by atoms with E-state index in [1.54, 1.807) is 14.0 Å². The summed E-state index contributed by atoms with van der Waals surface area (Å²) in [5.74, 6) is -0.494. The molecule has 0 atom stereocenters. The highest BCUT2D eigenvalue weighted by Crippen LogP contribution is 2.27. The summed E-state index contributed by atoms with van der Waals surface area (Å²) in [5, 5.41) is 13.6. The fourth-order valence-electron chi connectivity index (χ4n) is 3.68. The van der Waals surface area contributed by atoms with Crippen LogP contribution in [-0.4, -0.2) is 36.6 Å². The molecule has 160 valence electrons. The second-order valence-corrected chi connectivity index (χ2v) is 9.55. The molecule has 0 radical (unpaired) electrons. The summed E-state index contributed by atoms with van der Waals surface area (Å²) in [6.45, 7) is 1.69. The highest BCUT2D eigenvalue weighted by molar-refractivity contribution is 7.89. The smallest absolute Gasteiger partial charge is 0.270 e. The minimum absolute atomic E-state index is 0.0139. The topological polar surface area (TPSA) is 110 Å². The molecule has 3 rings (SSSR count). The summed E-state index contributed by atoms with van der Waals surface area (Å²) in [5.41, 5.74) is 1.03. The van der Waals surface area contributed by atoms with Crippen LogP contribution in [0.1, 0.15) is 48.0 Å². The molecule has 0 bridgehead atoms. The number of benzene rings is 2. The van der Waals surface area contributed by atoms with E-state index in [4.69, 9.17) is 0 Å². The third-order valence-corrected chi connectivity index (χ3v) is 7.48. The second kappa shape index (κ2) is 8.93. The standard InChI is InChI=1S/C21H25N3O5S/c1-15-8-11-18(24(26)27)14-20(15)21(25)22-16-9-12-19(13-10-16)30(28,29)23(2)17-6-4-3-5-7-17/h8-14,17H,3-7H2,1-2H3,(H,22,25). The van der Waals surface area contributed by atoms with Crippen LogP contribution < -0.4 is 5.32 Å². The van der Waals surface area contributed by atoms with Crippen LogP contribution in [0.15, 0.2) is 47.4 Å². The van der Waals surface area contributed by atoms with Gasteiger partial charge in [0.25, 0.3) is 11.6 Å². The number of carbonyl (C=O) groups is 1. The Bertz CT molecular complexity index is 1040. The Labute approximate surface area is 176 Å². The maximum absolute atomic E-state index is 12.9. The van der Waals surface area contributed by atoms with Crippen molar-refractivity contribution in [2.24, 2.45) is 0 Å². The quantitative estimate of drug-likeness (QED) is 0.547. The van der Waals surface area contributed by atoms with Crippen LogP contribution in [0.2, 0.25) is 0 Å². The molecule has 2 aromatic carbocycles. The van der Waals surface area contributed by atoms with Crippen molar-refractivity contribution in [2.75, 3.05) is 12.4 Å². The molecule has 0 heterocycles. The van der Waals surface area contributed by atoms with E-state index in [0.717, 1.165) is 32.1 Å². The number of sulfonamides is 1. The van der Waals surface area contributed by atoms with Crippen LogP contribution in [0.25, 0.3) is 0 Å². The summed E-state index contributed by atoms with van der Waals surface area (Å²) >= 11 is 0. The lowest BCUT2D eigenvalue weighted by atomic mass is 9.96. The Morgan fingerprint density at radius 3 is 2.33 bits per heavy atom. The summed E-state index contributed by atoms with van der Waals surface area (Å²) < 4.78 is 27.3. The van der Waals surface area contributed by atoms with E-state index in [1.165, 1.54) is 46.8 Å². The molecule has 1 fully saturated rings. The number of anilines is 1. The van der Waals surface area contributed by atoms with E-state index in [9.17, 15) is 23.3 Å². The Balaban J connectivity index is 1.75. The van der Waals surface area contributed by atoms with Crippen LogP contribution in [0, 0.1) is 17.0 Å². The van der Waals surface area contributed by atoms with E-state index in [0.29, 0.717) is 11.3 Å². The number of nitrogens with zero attached hydrogens (tertiary/aromatic N) is 2. The molecule has 2 aromatic rings. The zero-order chi connectivity index (χ0) is 21.9. The molecule has 0 unspecified atom stereocenters. The number of non-ortho nitro benzene ring substituents is 1. The Morgan fingerprint density at radius 1 is 1.10 bits per heavy atom. The molecule has 1 N–H and O–H groups in total. The summed E-state index contributed by atoms with van der Waals surface area (Å²) in [6, 6.07) is 10.1. The Hall–Kier alpha value is -2.78. The number of nitro benzene ring substituents is 1. The van der Waals surface area contributed by atoms with Gasteiger partial charge in [-0.1, -0.05) is 25.3 Å². The minimum Gasteiger partial charge on any atom is -0.322 e. The van der Waals surface area contributed by atoms with Crippen LogP contribution in [0.5, 0.6) is 0 Å². The zero-order valence-electron chi connectivity index (χ0n) is 17.0. The highest BCUT2D eigenvalue weighted by Gasteiger charge is 2.29. The van der Waals surface area contributed by atoms with E-state index in [-0.39, 0.29) is 22.2 Å². The van der Waals surface area contributed by atoms with Gasteiger partial charge in [0.05, 0.1) is 9.82 Å². The van der Waals surface area contributed by atoms with E-state index in [1.807, 2.05) is 0 Å². The molecular weight excluding hydrogens is 406 g/mol. The lowest BCUT2D eigenvalue weighted by Gasteiger charge is -2.30. The van der Waals surface area contributed by atoms with Crippen LogP contribution in [0.4, 0.5) is 11.4 Å². The van der Waals surface area contributed by atoms with Crippen molar-refractivity contribution in [1.82, 2.24) is 4.31 Å². The van der Waals surface area contributed by atoms with Crippen molar-refractivity contribution in [3.8, 4) is 0 Å². The average Bonchev–Trinajstić information content (AvgIpc) is 2.74. The van der Waals surface area contributed by atoms with Gasteiger partial charge in [0.15, 0.2) is 0 Å². The van der Waals surface area contributed by atoms with Crippen LogP contribution in [0.3, 0.4) is 0 Å². The molecule has 1 aliphatic carbocycles. The molecule has 1 saturated carbocycles. The Kier molecular flexibility index (Phi) is 6.52. The maximum atomic E-state index is 12.9. The largest absolute Gasteiger partial charge is 0.322 e. The lowest BCUT2D eigenvalue weighted by Crippen LogP contribution is -2.38. The monoisotopic (exact) mass is 431 g/mol. The fourth-order valence-corrected chi connectivity index (χ4v) is 5.10. The van der Waals surface area contributed by atoms with Gasteiger partial charge in [-0.25, -0.2) is 8.42 Å². The lowest BCUT2D eigenvalue weighted by molar-refractivity contribution is -0.384. The first-order valence-electron chi connectivity index (χ1n) is 9.84. The molecule has 9 heteroatoms. The predicted octanol–water partition coefficient (Wildman–Crippen LogP) is 4.11. The van der Waals surface area contributed by atoms with Crippen molar-refractivity contribution >= 4 is 27.3 Å². The zero-order valence-corrected chi connectivity index (χ0v) is 17.8. The molecule has 8 nitrogen and oxygen atoms in total. The molecule has 0 saturated heterocycles. The van der Waals surface area contributed by atoms with Gasteiger partial charge in [0.1, 0.15) is 0 Å². The number of amides is 1. The SMILES string of the molecule is Cc1ccc([N+](=O)[O-])cc1C(=O)Nc1ccc(S(=O)(=O)N(C)C2CCCCC2)cc1. The molecule has 0 spiro atoms. The van der Waals surface area contributed by atoms with Gasteiger partial charge in [-0.2, -0.15) is 4.31 Å². The first-order valence-corrected chi connectivity index (χ1v) is 11.3. The molecule has 1 amide bonds. The van der Waals surface area contributed by atoms with Gasteiger partial charge in [-0.15, -0.1) is 0 Å². The molecule has 30 heavy (non-hydrogen) atoms. The second-order valence-electron chi connectivity index (χ2n) is 7.55.